The van der Waals surface area contributed by atoms with Crippen LogP contribution in [0, 0.1) is 5.92 Å². The first-order valence-corrected chi connectivity index (χ1v) is 5.75. The summed E-state index contributed by atoms with van der Waals surface area (Å²) in [5.74, 6) is 0.840. The van der Waals surface area contributed by atoms with Crippen LogP contribution in [0.2, 0.25) is 0 Å². The van der Waals surface area contributed by atoms with Gasteiger partial charge in [-0.2, -0.15) is 0 Å². The zero-order valence-electron chi connectivity index (χ0n) is 10.1. The Hall–Kier alpha value is -0.780. The van der Waals surface area contributed by atoms with Gasteiger partial charge in [-0.1, -0.05) is 45.6 Å². The van der Waals surface area contributed by atoms with Crippen molar-refractivity contribution < 1.29 is 0 Å². The van der Waals surface area contributed by atoms with Crippen LogP contribution in [-0.2, 0) is 0 Å². The highest BCUT2D eigenvalue weighted by Crippen LogP contribution is 2.30. The van der Waals surface area contributed by atoms with Crippen molar-refractivity contribution in [1.29, 1.82) is 0 Å². The molecule has 0 aliphatic heterocycles. The fourth-order valence-corrected chi connectivity index (χ4v) is 1.78. The Morgan fingerprint density at radius 3 is 2.43 bits per heavy atom. The standard InChI is InChI=1S/C12H18.C2H6/c1-4-6-12-8-7-10(3)9-11(12)5-2;1-2/h4-6,10H,2,7-9H2,1,3H3;1-2H3/b6-4-;. The maximum absolute atomic E-state index is 3.86. The van der Waals surface area contributed by atoms with Crippen LogP contribution < -0.4 is 0 Å². The molecule has 0 heteroatoms. The Balaban J connectivity index is 0.000000791. The van der Waals surface area contributed by atoms with E-state index >= 15 is 0 Å². The molecule has 0 amide bonds. The largest absolute Gasteiger partial charge is 0.0988 e. The summed E-state index contributed by atoms with van der Waals surface area (Å²) in [6.07, 6.45) is 10.1. The monoisotopic (exact) mass is 192 g/mol. The summed E-state index contributed by atoms with van der Waals surface area (Å²) >= 11 is 0. The second kappa shape index (κ2) is 7.61. The summed E-state index contributed by atoms with van der Waals surface area (Å²) in [5.41, 5.74) is 2.94. The van der Waals surface area contributed by atoms with Crippen LogP contribution in [0.15, 0.2) is 36.0 Å². The smallest absolute Gasteiger partial charge is 0.0250 e. The molecule has 1 unspecified atom stereocenters. The molecule has 1 aliphatic rings. The van der Waals surface area contributed by atoms with E-state index in [2.05, 4.69) is 32.6 Å². The topological polar surface area (TPSA) is 0 Å². The normalized spacial score (nSPS) is 21.9. The van der Waals surface area contributed by atoms with Crippen LogP contribution >= 0.6 is 0 Å². The highest BCUT2D eigenvalue weighted by Gasteiger charge is 2.13. The molecule has 0 aromatic carbocycles. The van der Waals surface area contributed by atoms with E-state index in [4.69, 9.17) is 0 Å². The highest BCUT2D eigenvalue weighted by molar-refractivity contribution is 5.34. The van der Waals surface area contributed by atoms with E-state index in [0.29, 0.717) is 0 Å². The molecule has 0 nitrogen and oxygen atoms in total. The molecule has 0 saturated carbocycles. The van der Waals surface area contributed by atoms with E-state index < -0.39 is 0 Å². The number of rotatable bonds is 2. The third-order valence-electron chi connectivity index (χ3n) is 2.50. The van der Waals surface area contributed by atoms with Crippen molar-refractivity contribution in [3.63, 3.8) is 0 Å². The van der Waals surface area contributed by atoms with Crippen molar-refractivity contribution in [3.8, 4) is 0 Å². The molecule has 14 heavy (non-hydrogen) atoms. The van der Waals surface area contributed by atoms with Crippen LogP contribution in [-0.4, -0.2) is 0 Å². The van der Waals surface area contributed by atoms with Gasteiger partial charge in [0.25, 0.3) is 0 Å². The molecule has 0 heterocycles. The molecule has 0 spiro atoms. The average Bonchev–Trinajstić information content (AvgIpc) is 2.24. The van der Waals surface area contributed by atoms with Crippen molar-refractivity contribution in [2.75, 3.05) is 0 Å². The molecular formula is C14H24. The van der Waals surface area contributed by atoms with Crippen LogP contribution in [0.5, 0.6) is 0 Å². The third kappa shape index (κ3) is 3.95. The Morgan fingerprint density at radius 1 is 1.29 bits per heavy atom. The van der Waals surface area contributed by atoms with Crippen LogP contribution in [0.3, 0.4) is 0 Å². The minimum absolute atomic E-state index is 0.840. The van der Waals surface area contributed by atoms with Gasteiger partial charge in [0.05, 0.1) is 0 Å². The van der Waals surface area contributed by atoms with E-state index in [-0.39, 0.29) is 0 Å². The first-order valence-electron chi connectivity index (χ1n) is 5.75. The Bertz CT molecular complexity index is 218. The fraction of sp³-hybridized carbons (Fsp3) is 0.571. The third-order valence-corrected chi connectivity index (χ3v) is 2.50. The van der Waals surface area contributed by atoms with Crippen LogP contribution in [0.1, 0.15) is 47.0 Å². The Kier molecular flexibility index (Phi) is 7.18. The van der Waals surface area contributed by atoms with Crippen molar-refractivity contribution in [3.05, 3.63) is 36.0 Å². The van der Waals surface area contributed by atoms with E-state index in [0.717, 1.165) is 5.92 Å². The maximum Gasteiger partial charge on any atom is -0.0250 e. The van der Waals surface area contributed by atoms with E-state index in [9.17, 15) is 0 Å². The Morgan fingerprint density at radius 2 is 1.93 bits per heavy atom. The van der Waals surface area contributed by atoms with Gasteiger partial charge in [-0.05, 0) is 43.3 Å². The van der Waals surface area contributed by atoms with Gasteiger partial charge < -0.3 is 0 Å². The van der Waals surface area contributed by atoms with Gasteiger partial charge in [0.1, 0.15) is 0 Å². The van der Waals surface area contributed by atoms with Gasteiger partial charge in [-0.15, -0.1) is 0 Å². The average molecular weight is 192 g/mol. The zero-order chi connectivity index (χ0) is 11.0. The number of hydrogen-bond donors (Lipinski definition) is 0. The van der Waals surface area contributed by atoms with Gasteiger partial charge in [-0.25, -0.2) is 0 Å². The first-order chi connectivity index (χ1) is 6.77. The van der Waals surface area contributed by atoms with E-state index in [1.807, 2.05) is 19.9 Å². The van der Waals surface area contributed by atoms with Gasteiger partial charge in [0, 0.05) is 0 Å². The first kappa shape index (κ1) is 13.2. The summed E-state index contributed by atoms with van der Waals surface area (Å²) in [6.45, 7) is 12.3. The summed E-state index contributed by atoms with van der Waals surface area (Å²) < 4.78 is 0. The van der Waals surface area contributed by atoms with Crippen molar-refractivity contribution >= 4 is 0 Å². The Labute approximate surface area is 89.4 Å². The molecule has 1 aliphatic carbocycles. The molecule has 0 aromatic rings. The SMILES string of the molecule is C=CC1=C(/C=C\C)CCC(C)C1.CC. The lowest BCUT2D eigenvalue weighted by atomic mass is 9.85. The number of hydrogen-bond acceptors (Lipinski definition) is 0. The molecule has 0 saturated heterocycles. The molecule has 0 fully saturated rings. The second-order valence-electron chi connectivity index (χ2n) is 3.60. The summed E-state index contributed by atoms with van der Waals surface area (Å²) in [7, 11) is 0. The summed E-state index contributed by atoms with van der Waals surface area (Å²) in [6, 6.07) is 0. The molecular weight excluding hydrogens is 168 g/mol. The van der Waals surface area contributed by atoms with Crippen molar-refractivity contribution in [1.82, 2.24) is 0 Å². The van der Waals surface area contributed by atoms with E-state index in [1.165, 1.54) is 30.4 Å². The quantitative estimate of drug-likeness (QED) is 0.584. The predicted molar refractivity (Wildman–Crippen MR) is 66.4 cm³/mol. The molecule has 1 atom stereocenters. The lowest BCUT2D eigenvalue weighted by Gasteiger charge is -2.21. The van der Waals surface area contributed by atoms with Crippen molar-refractivity contribution in [2.24, 2.45) is 5.92 Å². The zero-order valence-corrected chi connectivity index (χ0v) is 10.1. The summed E-state index contributed by atoms with van der Waals surface area (Å²) in [5, 5.41) is 0. The minimum atomic E-state index is 0.840. The van der Waals surface area contributed by atoms with Crippen LogP contribution in [0.25, 0.3) is 0 Å². The lowest BCUT2D eigenvalue weighted by molar-refractivity contribution is 0.507. The fourth-order valence-electron chi connectivity index (χ4n) is 1.78. The van der Waals surface area contributed by atoms with Gasteiger partial charge >= 0.3 is 0 Å². The highest BCUT2D eigenvalue weighted by atomic mass is 14.2. The second-order valence-corrected chi connectivity index (χ2v) is 3.60. The molecule has 0 radical (unpaired) electrons. The molecule has 80 valence electrons. The van der Waals surface area contributed by atoms with Gasteiger partial charge in [0.2, 0.25) is 0 Å². The van der Waals surface area contributed by atoms with Gasteiger partial charge in [-0.3, -0.25) is 0 Å². The summed E-state index contributed by atoms with van der Waals surface area (Å²) in [4.78, 5) is 0. The van der Waals surface area contributed by atoms with Gasteiger partial charge in [0.15, 0.2) is 0 Å². The predicted octanol–water partition coefficient (Wildman–Crippen LogP) is 4.89. The molecule has 0 N–H and O–H groups in total. The van der Waals surface area contributed by atoms with Crippen LogP contribution in [0.4, 0.5) is 0 Å². The molecule has 0 bridgehead atoms. The molecule has 1 rings (SSSR count). The maximum atomic E-state index is 3.86. The lowest BCUT2D eigenvalue weighted by Crippen LogP contribution is -2.05. The molecule has 0 aromatic heterocycles. The van der Waals surface area contributed by atoms with Crippen molar-refractivity contribution in [2.45, 2.75) is 47.0 Å². The van der Waals surface area contributed by atoms with E-state index in [1.54, 1.807) is 0 Å². The number of allylic oxidation sites excluding steroid dienone is 5. The minimum Gasteiger partial charge on any atom is -0.0988 e.